The Morgan fingerprint density at radius 2 is 2.20 bits per heavy atom. The molecular weight excluding hydrogens is 334 g/mol. The monoisotopic (exact) mass is 355 g/mol. The van der Waals surface area contributed by atoms with E-state index in [4.69, 9.17) is 4.74 Å². The van der Waals surface area contributed by atoms with E-state index in [1.807, 2.05) is 36.1 Å². The molecule has 6 nitrogen and oxygen atoms in total. The van der Waals surface area contributed by atoms with Gasteiger partial charge in [0.15, 0.2) is 0 Å². The molecule has 7 heteroatoms. The first-order valence-corrected chi connectivity index (χ1v) is 9.32. The lowest BCUT2D eigenvalue weighted by molar-refractivity contribution is 0.0664. The van der Waals surface area contributed by atoms with Crippen LogP contribution in [0.1, 0.15) is 16.4 Å². The minimum atomic E-state index is 0.423. The largest absolute Gasteiger partial charge is 0.376 e. The highest BCUT2D eigenvalue weighted by molar-refractivity contribution is 7.09. The molecule has 4 rings (SSSR count). The van der Waals surface area contributed by atoms with Crippen molar-refractivity contribution in [2.24, 2.45) is 5.92 Å². The van der Waals surface area contributed by atoms with Crippen LogP contribution in [-0.4, -0.2) is 37.6 Å². The Balaban J connectivity index is 1.40. The van der Waals surface area contributed by atoms with Crippen LogP contribution >= 0.6 is 11.3 Å². The van der Waals surface area contributed by atoms with E-state index in [1.165, 1.54) is 0 Å². The van der Waals surface area contributed by atoms with Gasteiger partial charge in [0.2, 0.25) is 0 Å². The minimum Gasteiger partial charge on any atom is -0.376 e. The number of imidazole rings is 1. The second-order valence-corrected chi connectivity index (χ2v) is 7.31. The SMILES string of the molecule is c1cncc(COC[C@H]2CN(Cc3nccs3)Cc3nccn3C2)c1. The van der Waals surface area contributed by atoms with E-state index in [-0.39, 0.29) is 0 Å². The molecule has 0 aromatic carbocycles. The summed E-state index contributed by atoms with van der Waals surface area (Å²) in [5, 5.41) is 3.18. The molecule has 0 saturated carbocycles. The highest BCUT2D eigenvalue weighted by atomic mass is 32.1. The molecule has 0 spiro atoms. The number of pyridine rings is 1. The molecule has 0 N–H and O–H groups in total. The summed E-state index contributed by atoms with van der Waals surface area (Å²) >= 11 is 1.70. The zero-order chi connectivity index (χ0) is 16.9. The third-order valence-electron chi connectivity index (χ3n) is 4.33. The summed E-state index contributed by atoms with van der Waals surface area (Å²) in [7, 11) is 0. The van der Waals surface area contributed by atoms with Gasteiger partial charge in [0.1, 0.15) is 10.8 Å². The first kappa shape index (κ1) is 16.4. The van der Waals surface area contributed by atoms with Crippen molar-refractivity contribution in [3.05, 3.63) is 64.9 Å². The molecule has 1 atom stereocenters. The second kappa shape index (κ2) is 7.86. The van der Waals surface area contributed by atoms with Crippen molar-refractivity contribution in [2.45, 2.75) is 26.2 Å². The zero-order valence-electron chi connectivity index (χ0n) is 14.0. The van der Waals surface area contributed by atoms with E-state index in [9.17, 15) is 0 Å². The first-order valence-electron chi connectivity index (χ1n) is 8.44. The lowest BCUT2D eigenvalue weighted by Gasteiger charge is -2.22. The van der Waals surface area contributed by atoms with Crippen LogP contribution in [0, 0.1) is 5.92 Å². The third kappa shape index (κ3) is 4.31. The Labute approximate surface area is 151 Å². The maximum atomic E-state index is 5.98. The normalized spacial score (nSPS) is 18.0. The Bertz CT molecular complexity index is 774. The van der Waals surface area contributed by atoms with Gasteiger partial charge in [-0.3, -0.25) is 9.88 Å². The summed E-state index contributed by atoms with van der Waals surface area (Å²) in [4.78, 5) is 15.5. The van der Waals surface area contributed by atoms with Gasteiger partial charge < -0.3 is 9.30 Å². The molecule has 130 valence electrons. The summed E-state index contributed by atoms with van der Waals surface area (Å²) in [5.74, 6) is 1.54. The van der Waals surface area contributed by atoms with Crippen LogP contribution in [0.5, 0.6) is 0 Å². The zero-order valence-corrected chi connectivity index (χ0v) is 14.8. The molecule has 1 aliphatic rings. The van der Waals surface area contributed by atoms with Crippen LogP contribution in [0.4, 0.5) is 0 Å². The molecule has 0 fully saturated rings. The van der Waals surface area contributed by atoms with Crippen LogP contribution in [0.2, 0.25) is 0 Å². The fourth-order valence-corrected chi connectivity index (χ4v) is 3.86. The molecule has 0 saturated heterocycles. The summed E-state index contributed by atoms with van der Waals surface area (Å²) in [6.45, 7) is 4.97. The molecule has 4 heterocycles. The van der Waals surface area contributed by atoms with Crippen LogP contribution in [0.3, 0.4) is 0 Å². The number of thiazole rings is 1. The highest BCUT2D eigenvalue weighted by Crippen LogP contribution is 2.19. The number of nitrogens with zero attached hydrogens (tertiary/aromatic N) is 5. The topological polar surface area (TPSA) is 56.1 Å². The maximum Gasteiger partial charge on any atom is 0.122 e. The Hall–Kier alpha value is -2.09. The van der Waals surface area contributed by atoms with Gasteiger partial charge in [-0.1, -0.05) is 6.07 Å². The van der Waals surface area contributed by atoms with Crippen LogP contribution < -0.4 is 0 Å². The molecule has 3 aromatic heterocycles. The van der Waals surface area contributed by atoms with Gasteiger partial charge >= 0.3 is 0 Å². The van der Waals surface area contributed by atoms with Gasteiger partial charge in [0.25, 0.3) is 0 Å². The number of hydrogen-bond acceptors (Lipinski definition) is 6. The van der Waals surface area contributed by atoms with Crippen LogP contribution in [0.25, 0.3) is 0 Å². The minimum absolute atomic E-state index is 0.423. The number of hydrogen-bond donors (Lipinski definition) is 0. The molecule has 0 unspecified atom stereocenters. The van der Waals surface area contributed by atoms with Gasteiger partial charge in [0, 0.05) is 55.4 Å². The van der Waals surface area contributed by atoms with E-state index >= 15 is 0 Å². The van der Waals surface area contributed by atoms with E-state index in [0.29, 0.717) is 12.5 Å². The van der Waals surface area contributed by atoms with Gasteiger partial charge in [-0.2, -0.15) is 0 Å². The summed E-state index contributed by atoms with van der Waals surface area (Å²) in [6.07, 6.45) is 9.46. The van der Waals surface area contributed by atoms with Crippen molar-refractivity contribution in [1.82, 2.24) is 24.4 Å². The van der Waals surface area contributed by atoms with Gasteiger partial charge in [-0.15, -0.1) is 11.3 Å². The summed E-state index contributed by atoms with van der Waals surface area (Å²) in [5.41, 5.74) is 1.11. The van der Waals surface area contributed by atoms with E-state index in [0.717, 1.165) is 49.2 Å². The average molecular weight is 355 g/mol. The van der Waals surface area contributed by atoms with Crippen LogP contribution in [-0.2, 0) is 31.0 Å². The number of fused-ring (bicyclic) bond motifs is 1. The quantitative estimate of drug-likeness (QED) is 0.680. The summed E-state index contributed by atoms with van der Waals surface area (Å²) < 4.78 is 8.23. The number of aromatic nitrogens is 4. The Morgan fingerprint density at radius 1 is 1.20 bits per heavy atom. The van der Waals surface area contributed by atoms with Crippen molar-refractivity contribution in [3.8, 4) is 0 Å². The van der Waals surface area contributed by atoms with Gasteiger partial charge in [-0.05, 0) is 11.6 Å². The molecule has 0 amide bonds. The van der Waals surface area contributed by atoms with Crippen molar-refractivity contribution < 1.29 is 4.74 Å². The first-order chi connectivity index (χ1) is 12.4. The standard InChI is InChI=1S/C18H21N5OS/c1-2-15(8-19-3-1)13-24-14-16-9-22(12-18-21-5-7-25-18)11-17-20-4-6-23(17)10-16/h1-8,16H,9-14H2/t16-/m0/s1. The van der Waals surface area contributed by atoms with Crippen molar-refractivity contribution in [3.63, 3.8) is 0 Å². The molecule has 0 radical (unpaired) electrons. The second-order valence-electron chi connectivity index (χ2n) is 6.33. The predicted molar refractivity (Wildman–Crippen MR) is 95.8 cm³/mol. The summed E-state index contributed by atoms with van der Waals surface area (Å²) in [6, 6.07) is 3.99. The van der Waals surface area contributed by atoms with E-state index < -0.39 is 0 Å². The number of ether oxygens (including phenoxy) is 1. The van der Waals surface area contributed by atoms with Crippen molar-refractivity contribution in [2.75, 3.05) is 13.2 Å². The molecule has 25 heavy (non-hydrogen) atoms. The molecule has 3 aromatic rings. The maximum absolute atomic E-state index is 5.98. The van der Waals surface area contributed by atoms with Gasteiger partial charge in [-0.25, -0.2) is 9.97 Å². The lowest BCUT2D eigenvalue weighted by atomic mass is 10.1. The third-order valence-corrected chi connectivity index (χ3v) is 5.09. The lowest BCUT2D eigenvalue weighted by Crippen LogP contribution is -2.30. The van der Waals surface area contributed by atoms with Crippen molar-refractivity contribution >= 4 is 11.3 Å². The van der Waals surface area contributed by atoms with E-state index in [1.54, 1.807) is 17.5 Å². The van der Waals surface area contributed by atoms with Crippen LogP contribution in [0.15, 0.2) is 48.5 Å². The molecule has 0 bridgehead atoms. The Morgan fingerprint density at radius 3 is 3.04 bits per heavy atom. The van der Waals surface area contributed by atoms with E-state index in [2.05, 4.69) is 30.6 Å². The smallest absolute Gasteiger partial charge is 0.122 e. The number of rotatable bonds is 6. The molecule has 1 aliphatic heterocycles. The molecule has 0 aliphatic carbocycles. The van der Waals surface area contributed by atoms with Crippen molar-refractivity contribution in [1.29, 1.82) is 0 Å². The predicted octanol–water partition coefficient (Wildman–Crippen LogP) is 2.58. The average Bonchev–Trinajstić information content (AvgIpc) is 3.25. The molecular formula is C18H21N5OS. The Kier molecular flexibility index (Phi) is 5.15. The fraction of sp³-hybridized carbons (Fsp3) is 0.389. The van der Waals surface area contributed by atoms with Gasteiger partial charge in [0.05, 0.1) is 26.3 Å². The fourth-order valence-electron chi connectivity index (χ4n) is 3.20. The highest BCUT2D eigenvalue weighted by Gasteiger charge is 2.23.